The van der Waals surface area contributed by atoms with Crippen molar-refractivity contribution in [3.05, 3.63) is 47.7 Å². The number of esters is 1. The molecule has 2 saturated carbocycles. The normalized spacial score (nSPS) is 25.0. The van der Waals surface area contributed by atoms with Crippen molar-refractivity contribution in [2.75, 3.05) is 5.32 Å². The lowest BCUT2D eigenvalue weighted by molar-refractivity contribution is -0.160. The van der Waals surface area contributed by atoms with Gasteiger partial charge < -0.3 is 14.6 Å². The van der Waals surface area contributed by atoms with Crippen molar-refractivity contribution in [2.24, 2.45) is 17.8 Å². The SMILES string of the molecule is Cc1cc(NC(=O)[C@@H](OC(=O)[C@@H]2C[C@H]3CC[C@H]2C3)c2ccccc2)no1. The Morgan fingerprint density at radius 2 is 2.04 bits per heavy atom. The van der Waals surface area contributed by atoms with Crippen LogP contribution >= 0.6 is 0 Å². The zero-order chi connectivity index (χ0) is 18.1. The van der Waals surface area contributed by atoms with E-state index >= 15 is 0 Å². The summed E-state index contributed by atoms with van der Waals surface area (Å²) in [4.78, 5) is 25.5. The van der Waals surface area contributed by atoms with E-state index in [2.05, 4.69) is 10.5 Å². The Bertz CT molecular complexity index is 801. The van der Waals surface area contributed by atoms with Gasteiger partial charge in [-0.05, 0) is 38.0 Å². The summed E-state index contributed by atoms with van der Waals surface area (Å²) in [7, 11) is 0. The highest BCUT2D eigenvalue weighted by atomic mass is 16.5. The highest BCUT2D eigenvalue weighted by Crippen LogP contribution is 2.49. The molecule has 1 heterocycles. The monoisotopic (exact) mass is 354 g/mol. The van der Waals surface area contributed by atoms with Gasteiger partial charge in [0.2, 0.25) is 6.10 Å². The zero-order valence-corrected chi connectivity index (χ0v) is 14.7. The van der Waals surface area contributed by atoms with Crippen LogP contribution in [0.4, 0.5) is 5.82 Å². The number of hydrogen-bond acceptors (Lipinski definition) is 5. The summed E-state index contributed by atoms with van der Waals surface area (Å²) in [5.41, 5.74) is 0.640. The molecule has 1 aromatic heterocycles. The fraction of sp³-hybridized carbons (Fsp3) is 0.450. The molecular formula is C20H22N2O4. The van der Waals surface area contributed by atoms with E-state index in [1.165, 1.54) is 6.42 Å². The first-order chi connectivity index (χ1) is 12.6. The van der Waals surface area contributed by atoms with E-state index in [1.54, 1.807) is 25.1 Å². The highest BCUT2D eigenvalue weighted by Gasteiger charge is 2.45. The van der Waals surface area contributed by atoms with E-state index < -0.39 is 12.0 Å². The highest BCUT2D eigenvalue weighted by molar-refractivity contribution is 5.95. The molecule has 0 spiro atoms. The van der Waals surface area contributed by atoms with Crippen molar-refractivity contribution in [3.8, 4) is 0 Å². The zero-order valence-electron chi connectivity index (χ0n) is 14.7. The summed E-state index contributed by atoms with van der Waals surface area (Å²) >= 11 is 0. The Labute approximate surface area is 151 Å². The van der Waals surface area contributed by atoms with Crippen LogP contribution < -0.4 is 5.32 Å². The molecule has 0 saturated heterocycles. The number of rotatable bonds is 5. The van der Waals surface area contributed by atoms with Gasteiger partial charge in [-0.3, -0.25) is 9.59 Å². The Morgan fingerprint density at radius 1 is 1.23 bits per heavy atom. The van der Waals surface area contributed by atoms with Crippen LogP contribution in [-0.4, -0.2) is 17.0 Å². The minimum atomic E-state index is -1.00. The van der Waals surface area contributed by atoms with Gasteiger partial charge in [0.25, 0.3) is 5.91 Å². The maximum atomic E-state index is 12.8. The molecule has 2 bridgehead atoms. The first kappa shape index (κ1) is 16.8. The molecule has 4 atom stereocenters. The third-order valence-corrected chi connectivity index (χ3v) is 5.49. The van der Waals surface area contributed by atoms with E-state index in [0.29, 0.717) is 29.0 Å². The molecule has 6 heteroatoms. The maximum absolute atomic E-state index is 12.8. The summed E-state index contributed by atoms with van der Waals surface area (Å²) in [6, 6.07) is 10.7. The summed E-state index contributed by atoms with van der Waals surface area (Å²) in [5, 5.41) is 6.44. The molecule has 2 fully saturated rings. The van der Waals surface area contributed by atoms with Crippen molar-refractivity contribution in [2.45, 2.75) is 38.7 Å². The second-order valence-electron chi connectivity index (χ2n) is 7.32. The van der Waals surface area contributed by atoms with Crippen molar-refractivity contribution in [1.82, 2.24) is 5.16 Å². The average Bonchev–Trinajstić information content (AvgIpc) is 3.37. The molecule has 6 nitrogen and oxygen atoms in total. The van der Waals surface area contributed by atoms with Crippen LogP contribution in [0, 0.1) is 24.7 Å². The predicted octanol–water partition coefficient (Wildman–Crippen LogP) is 3.64. The first-order valence-corrected chi connectivity index (χ1v) is 9.10. The first-order valence-electron chi connectivity index (χ1n) is 9.10. The summed E-state index contributed by atoms with van der Waals surface area (Å²) in [6.07, 6.45) is 3.29. The second kappa shape index (κ2) is 6.94. The number of anilines is 1. The summed E-state index contributed by atoms with van der Waals surface area (Å²) in [6.45, 7) is 1.74. The number of hydrogen-bond donors (Lipinski definition) is 1. The van der Waals surface area contributed by atoms with Crippen molar-refractivity contribution < 1.29 is 18.8 Å². The largest absolute Gasteiger partial charge is 0.447 e. The molecule has 1 aromatic carbocycles. The van der Waals surface area contributed by atoms with Gasteiger partial charge in [0.1, 0.15) is 5.76 Å². The van der Waals surface area contributed by atoms with Gasteiger partial charge in [-0.1, -0.05) is 41.9 Å². The van der Waals surface area contributed by atoms with Crippen LogP contribution in [-0.2, 0) is 14.3 Å². The van der Waals surface area contributed by atoms with Crippen LogP contribution in [0.2, 0.25) is 0 Å². The number of aryl methyl sites for hydroxylation is 1. The van der Waals surface area contributed by atoms with Gasteiger partial charge in [0.05, 0.1) is 5.92 Å². The van der Waals surface area contributed by atoms with Crippen LogP contribution in [0.5, 0.6) is 0 Å². The fourth-order valence-electron chi connectivity index (χ4n) is 4.25. The minimum Gasteiger partial charge on any atom is -0.447 e. The number of fused-ring (bicyclic) bond motifs is 2. The van der Waals surface area contributed by atoms with E-state index in [9.17, 15) is 9.59 Å². The smallest absolute Gasteiger partial charge is 0.310 e. The van der Waals surface area contributed by atoms with Crippen LogP contribution in [0.3, 0.4) is 0 Å². The van der Waals surface area contributed by atoms with Gasteiger partial charge in [-0.2, -0.15) is 0 Å². The third-order valence-electron chi connectivity index (χ3n) is 5.49. The molecule has 2 aromatic rings. The quantitative estimate of drug-likeness (QED) is 0.829. The van der Waals surface area contributed by atoms with E-state index in [-0.39, 0.29) is 11.9 Å². The summed E-state index contributed by atoms with van der Waals surface area (Å²) < 4.78 is 10.7. The Balaban J connectivity index is 1.51. The molecule has 2 aliphatic rings. The lowest BCUT2D eigenvalue weighted by atomic mass is 9.89. The average molecular weight is 354 g/mol. The molecule has 0 radical (unpaired) electrons. The lowest BCUT2D eigenvalue weighted by Crippen LogP contribution is -2.30. The lowest BCUT2D eigenvalue weighted by Gasteiger charge is -2.23. The van der Waals surface area contributed by atoms with E-state index in [4.69, 9.17) is 9.26 Å². The number of amides is 1. The molecule has 1 N–H and O–H groups in total. The van der Waals surface area contributed by atoms with Crippen LogP contribution in [0.15, 0.2) is 40.9 Å². The number of benzene rings is 1. The molecule has 2 aliphatic carbocycles. The van der Waals surface area contributed by atoms with Crippen molar-refractivity contribution >= 4 is 17.7 Å². The Kier molecular flexibility index (Phi) is 4.49. The Hall–Kier alpha value is -2.63. The van der Waals surface area contributed by atoms with E-state index in [1.807, 2.05) is 18.2 Å². The molecular weight excluding hydrogens is 332 g/mol. The number of aromatic nitrogens is 1. The van der Waals surface area contributed by atoms with Gasteiger partial charge in [0, 0.05) is 11.6 Å². The molecule has 1 amide bonds. The molecule has 0 unspecified atom stereocenters. The number of carbonyl (C=O) groups excluding carboxylic acids is 2. The van der Waals surface area contributed by atoms with Crippen LogP contribution in [0.1, 0.15) is 43.1 Å². The van der Waals surface area contributed by atoms with E-state index in [0.717, 1.165) is 19.3 Å². The standard InChI is InChI=1S/C20H22N2O4/c1-12-9-17(22-26-12)21-19(23)18(14-5-3-2-4-6-14)25-20(24)16-11-13-7-8-15(16)10-13/h2-6,9,13,15-16,18H,7-8,10-11H2,1H3,(H,21,22,23)/t13-,15-,16+,18-/m0/s1. The van der Waals surface area contributed by atoms with Crippen molar-refractivity contribution in [1.29, 1.82) is 0 Å². The second-order valence-corrected chi connectivity index (χ2v) is 7.32. The number of carbonyl (C=O) groups is 2. The summed E-state index contributed by atoms with van der Waals surface area (Å²) in [5.74, 6) is 1.17. The van der Waals surface area contributed by atoms with Gasteiger partial charge in [-0.25, -0.2) is 0 Å². The number of nitrogens with one attached hydrogen (secondary N) is 1. The van der Waals surface area contributed by atoms with Crippen molar-refractivity contribution in [3.63, 3.8) is 0 Å². The molecule has 136 valence electrons. The van der Waals surface area contributed by atoms with Gasteiger partial charge in [-0.15, -0.1) is 0 Å². The molecule has 4 rings (SSSR count). The number of nitrogens with zero attached hydrogens (tertiary/aromatic N) is 1. The molecule has 0 aliphatic heterocycles. The predicted molar refractivity (Wildman–Crippen MR) is 94.1 cm³/mol. The third kappa shape index (κ3) is 3.36. The van der Waals surface area contributed by atoms with Crippen LogP contribution in [0.25, 0.3) is 0 Å². The number of ether oxygens (including phenoxy) is 1. The maximum Gasteiger partial charge on any atom is 0.310 e. The van der Waals surface area contributed by atoms with Gasteiger partial charge >= 0.3 is 5.97 Å². The Morgan fingerprint density at radius 3 is 2.65 bits per heavy atom. The minimum absolute atomic E-state index is 0.0814. The molecule has 26 heavy (non-hydrogen) atoms. The fourth-order valence-corrected chi connectivity index (χ4v) is 4.25. The topological polar surface area (TPSA) is 81.4 Å². The van der Waals surface area contributed by atoms with Gasteiger partial charge in [0.15, 0.2) is 5.82 Å².